The number of hydrogen-bond donors (Lipinski definition) is 0. The summed E-state index contributed by atoms with van der Waals surface area (Å²) in [5.41, 5.74) is 0.539. The monoisotopic (exact) mass is 227 g/mol. The quantitative estimate of drug-likeness (QED) is 0.809. The summed E-state index contributed by atoms with van der Waals surface area (Å²) < 4.78 is 7.40. The number of nitriles is 1. The van der Waals surface area contributed by atoms with Crippen LogP contribution in [0.2, 0.25) is 0 Å². The number of aromatic nitrogens is 2. The average Bonchev–Trinajstić information content (AvgIpc) is 2.77. The lowest BCUT2D eigenvalue weighted by molar-refractivity contribution is 0.241. The highest BCUT2D eigenvalue weighted by Gasteiger charge is 2.10. The maximum absolute atomic E-state index is 9.00. The standard InChI is InChI=1S/C13H13N3O/c1-10(2)17-12-6-3-7-15-13(12)16-8-4-5-11(16)9-14/h3-8,10H,1-2H3. The normalized spacial score (nSPS) is 10.2. The molecule has 0 bridgehead atoms. The van der Waals surface area contributed by atoms with Crippen LogP contribution >= 0.6 is 0 Å². The molecule has 0 aliphatic heterocycles. The molecule has 0 N–H and O–H groups in total. The first-order valence-electron chi connectivity index (χ1n) is 5.42. The fourth-order valence-electron chi connectivity index (χ4n) is 1.57. The van der Waals surface area contributed by atoms with E-state index in [-0.39, 0.29) is 6.10 Å². The SMILES string of the molecule is CC(C)Oc1cccnc1-n1cccc1C#N. The minimum absolute atomic E-state index is 0.0686. The van der Waals surface area contributed by atoms with Crippen molar-refractivity contribution in [3.8, 4) is 17.6 Å². The van der Waals surface area contributed by atoms with Gasteiger partial charge in [0.1, 0.15) is 11.8 Å². The van der Waals surface area contributed by atoms with Gasteiger partial charge in [-0.15, -0.1) is 0 Å². The van der Waals surface area contributed by atoms with Crippen LogP contribution in [0.15, 0.2) is 36.7 Å². The highest BCUT2D eigenvalue weighted by Crippen LogP contribution is 2.22. The maximum atomic E-state index is 9.00. The summed E-state index contributed by atoms with van der Waals surface area (Å²) in [4.78, 5) is 4.27. The van der Waals surface area contributed by atoms with E-state index in [1.807, 2.05) is 32.0 Å². The van der Waals surface area contributed by atoms with Crippen molar-refractivity contribution in [1.29, 1.82) is 5.26 Å². The summed E-state index contributed by atoms with van der Waals surface area (Å²) in [5, 5.41) is 9.00. The third-order valence-corrected chi connectivity index (χ3v) is 2.21. The van der Waals surface area contributed by atoms with Gasteiger partial charge >= 0.3 is 0 Å². The first kappa shape index (κ1) is 11.2. The zero-order chi connectivity index (χ0) is 12.3. The van der Waals surface area contributed by atoms with Crippen molar-refractivity contribution in [3.05, 3.63) is 42.4 Å². The van der Waals surface area contributed by atoms with Crippen LogP contribution in [0.4, 0.5) is 0 Å². The molecule has 0 aliphatic carbocycles. The predicted octanol–water partition coefficient (Wildman–Crippen LogP) is 2.53. The summed E-state index contributed by atoms with van der Waals surface area (Å²) >= 11 is 0. The first-order chi connectivity index (χ1) is 8.22. The molecule has 2 heterocycles. The first-order valence-corrected chi connectivity index (χ1v) is 5.42. The Kier molecular flexibility index (Phi) is 3.10. The molecule has 2 aromatic heterocycles. The smallest absolute Gasteiger partial charge is 0.180 e. The molecule has 0 aliphatic rings. The lowest BCUT2D eigenvalue weighted by atomic mass is 10.4. The minimum Gasteiger partial charge on any atom is -0.487 e. The van der Waals surface area contributed by atoms with Gasteiger partial charge in [0.25, 0.3) is 0 Å². The van der Waals surface area contributed by atoms with E-state index in [1.54, 1.807) is 23.0 Å². The molecule has 0 spiro atoms. The van der Waals surface area contributed by atoms with E-state index in [1.165, 1.54) is 0 Å². The second-order valence-electron chi connectivity index (χ2n) is 3.87. The fourth-order valence-corrected chi connectivity index (χ4v) is 1.57. The van der Waals surface area contributed by atoms with Crippen LogP contribution in [-0.4, -0.2) is 15.7 Å². The van der Waals surface area contributed by atoms with Crippen LogP contribution in [-0.2, 0) is 0 Å². The predicted molar refractivity (Wildman–Crippen MR) is 64.0 cm³/mol. The summed E-state index contributed by atoms with van der Waals surface area (Å²) in [6.07, 6.45) is 3.55. The molecule has 0 atom stereocenters. The fraction of sp³-hybridized carbons (Fsp3) is 0.231. The summed E-state index contributed by atoms with van der Waals surface area (Å²) in [6, 6.07) is 9.34. The summed E-state index contributed by atoms with van der Waals surface area (Å²) in [7, 11) is 0. The molecule has 4 nitrogen and oxygen atoms in total. The Morgan fingerprint density at radius 1 is 1.35 bits per heavy atom. The Bertz CT molecular complexity index is 552. The van der Waals surface area contributed by atoms with E-state index in [4.69, 9.17) is 10.00 Å². The Morgan fingerprint density at radius 2 is 2.18 bits per heavy atom. The van der Waals surface area contributed by atoms with Gasteiger partial charge in [0, 0.05) is 12.4 Å². The summed E-state index contributed by atoms with van der Waals surface area (Å²) in [6.45, 7) is 3.91. The Balaban J connectivity index is 2.49. The van der Waals surface area contributed by atoms with Gasteiger partial charge < -0.3 is 4.74 Å². The van der Waals surface area contributed by atoms with E-state index >= 15 is 0 Å². The molecule has 86 valence electrons. The van der Waals surface area contributed by atoms with E-state index in [0.29, 0.717) is 17.3 Å². The van der Waals surface area contributed by atoms with E-state index < -0.39 is 0 Å². The second-order valence-corrected chi connectivity index (χ2v) is 3.87. The highest BCUT2D eigenvalue weighted by atomic mass is 16.5. The summed E-state index contributed by atoms with van der Waals surface area (Å²) in [5.74, 6) is 1.32. The topological polar surface area (TPSA) is 50.8 Å². The number of rotatable bonds is 3. The molecule has 0 radical (unpaired) electrons. The number of ether oxygens (including phenoxy) is 1. The van der Waals surface area contributed by atoms with Crippen LogP contribution < -0.4 is 4.74 Å². The molecule has 0 saturated carbocycles. The zero-order valence-corrected chi connectivity index (χ0v) is 9.79. The van der Waals surface area contributed by atoms with Crippen LogP contribution in [0, 0.1) is 11.3 Å². The average molecular weight is 227 g/mol. The molecule has 0 saturated heterocycles. The van der Waals surface area contributed by atoms with Crippen molar-refractivity contribution in [3.63, 3.8) is 0 Å². The Labute approximate surface area is 100 Å². The Morgan fingerprint density at radius 3 is 2.88 bits per heavy atom. The van der Waals surface area contributed by atoms with Crippen molar-refractivity contribution < 1.29 is 4.74 Å². The van der Waals surface area contributed by atoms with Gasteiger partial charge in [-0.05, 0) is 38.1 Å². The van der Waals surface area contributed by atoms with Crippen molar-refractivity contribution in [2.24, 2.45) is 0 Å². The van der Waals surface area contributed by atoms with Gasteiger partial charge in [-0.3, -0.25) is 4.57 Å². The maximum Gasteiger partial charge on any atom is 0.180 e. The largest absolute Gasteiger partial charge is 0.487 e. The minimum atomic E-state index is 0.0686. The molecule has 2 rings (SSSR count). The number of nitrogens with zero attached hydrogens (tertiary/aromatic N) is 3. The van der Waals surface area contributed by atoms with Gasteiger partial charge in [0.15, 0.2) is 11.6 Å². The van der Waals surface area contributed by atoms with Crippen LogP contribution in [0.1, 0.15) is 19.5 Å². The zero-order valence-electron chi connectivity index (χ0n) is 9.79. The lowest BCUT2D eigenvalue weighted by Gasteiger charge is -2.14. The van der Waals surface area contributed by atoms with Gasteiger partial charge in [-0.25, -0.2) is 4.98 Å². The van der Waals surface area contributed by atoms with Gasteiger partial charge in [-0.1, -0.05) is 0 Å². The highest BCUT2D eigenvalue weighted by molar-refractivity contribution is 5.44. The third-order valence-electron chi connectivity index (χ3n) is 2.21. The number of pyridine rings is 1. The van der Waals surface area contributed by atoms with Crippen LogP contribution in [0.5, 0.6) is 5.75 Å². The molecule has 0 fully saturated rings. The van der Waals surface area contributed by atoms with E-state index in [2.05, 4.69) is 11.1 Å². The molecule has 0 aromatic carbocycles. The van der Waals surface area contributed by atoms with Gasteiger partial charge in [0.05, 0.1) is 6.10 Å². The molecule has 2 aromatic rings. The van der Waals surface area contributed by atoms with Gasteiger partial charge in [-0.2, -0.15) is 5.26 Å². The van der Waals surface area contributed by atoms with Crippen molar-refractivity contribution in [1.82, 2.24) is 9.55 Å². The van der Waals surface area contributed by atoms with E-state index in [0.717, 1.165) is 0 Å². The van der Waals surface area contributed by atoms with Gasteiger partial charge in [0.2, 0.25) is 0 Å². The van der Waals surface area contributed by atoms with Crippen LogP contribution in [0.3, 0.4) is 0 Å². The lowest BCUT2D eigenvalue weighted by Crippen LogP contribution is -2.09. The molecule has 17 heavy (non-hydrogen) atoms. The molecule has 4 heteroatoms. The molecular weight excluding hydrogens is 214 g/mol. The molecule has 0 unspecified atom stereocenters. The van der Waals surface area contributed by atoms with E-state index in [9.17, 15) is 0 Å². The third kappa shape index (κ3) is 2.28. The number of hydrogen-bond acceptors (Lipinski definition) is 3. The second kappa shape index (κ2) is 4.71. The van der Waals surface area contributed by atoms with Crippen molar-refractivity contribution >= 4 is 0 Å². The molecular formula is C13H13N3O. The Hall–Kier alpha value is -2.28. The van der Waals surface area contributed by atoms with Crippen LogP contribution in [0.25, 0.3) is 5.82 Å². The van der Waals surface area contributed by atoms with Crippen molar-refractivity contribution in [2.75, 3.05) is 0 Å². The molecule has 0 amide bonds. The van der Waals surface area contributed by atoms with Crippen molar-refractivity contribution in [2.45, 2.75) is 20.0 Å².